The van der Waals surface area contributed by atoms with Gasteiger partial charge in [-0.15, -0.1) is 0 Å². The molecule has 1 amide bonds. The molecule has 2 nitrogen and oxygen atoms in total. The van der Waals surface area contributed by atoms with E-state index in [1.807, 2.05) is 24.3 Å². The van der Waals surface area contributed by atoms with E-state index in [4.69, 9.17) is 0 Å². The van der Waals surface area contributed by atoms with E-state index in [0.717, 1.165) is 29.7 Å². The third-order valence-corrected chi connectivity index (χ3v) is 3.54. The fraction of sp³-hybridized carbons (Fsp3) is 0.188. The number of carbonyl (C=O) groups is 1. The van der Waals surface area contributed by atoms with Gasteiger partial charge in [0.25, 0.3) is 0 Å². The molecule has 1 heterocycles. The van der Waals surface area contributed by atoms with Crippen molar-refractivity contribution in [1.82, 2.24) is 5.32 Å². The molecule has 3 heteroatoms. The Labute approximate surface area is 111 Å². The fourth-order valence-corrected chi connectivity index (χ4v) is 2.58. The van der Waals surface area contributed by atoms with Crippen LogP contribution in [0.5, 0.6) is 0 Å². The quantitative estimate of drug-likeness (QED) is 0.877. The van der Waals surface area contributed by atoms with Gasteiger partial charge >= 0.3 is 0 Å². The normalized spacial score (nSPS) is 18.4. The second-order valence-electron chi connectivity index (χ2n) is 4.73. The number of carbonyl (C=O) groups excluding carboxylic acids is 1. The number of hydrogen-bond donors (Lipinski definition) is 1. The maximum Gasteiger partial charge on any atom is 0.227 e. The van der Waals surface area contributed by atoms with E-state index < -0.39 is 0 Å². The lowest BCUT2D eigenvalue weighted by molar-refractivity contribution is -0.120. The van der Waals surface area contributed by atoms with E-state index in [0.29, 0.717) is 0 Å². The Kier molecular flexibility index (Phi) is 3.03. The summed E-state index contributed by atoms with van der Waals surface area (Å²) in [7, 11) is 0. The number of rotatable bonds is 2. The summed E-state index contributed by atoms with van der Waals surface area (Å²) in [5.41, 5.74) is 2.96. The van der Waals surface area contributed by atoms with Crippen molar-refractivity contribution in [2.45, 2.75) is 12.3 Å². The summed E-state index contributed by atoms with van der Waals surface area (Å²) >= 11 is 0. The van der Waals surface area contributed by atoms with Crippen LogP contribution in [0.1, 0.15) is 17.9 Å². The Morgan fingerprint density at radius 2 is 1.79 bits per heavy atom. The van der Waals surface area contributed by atoms with Crippen LogP contribution in [0.3, 0.4) is 0 Å². The molecule has 0 spiro atoms. The van der Waals surface area contributed by atoms with Crippen LogP contribution in [-0.4, -0.2) is 12.5 Å². The molecule has 0 bridgehead atoms. The van der Waals surface area contributed by atoms with Crippen LogP contribution in [0.4, 0.5) is 4.39 Å². The average Bonchev–Trinajstić information content (AvgIpc) is 2.86. The smallest absolute Gasteiger partial charge is 0.227 e. The Bertz CT molecular complexity index is 606. The Morgan fingerprint density at radius 1 is 1.05 bits per heavy atom. The molecule has 1 atom stereocenters. The second kappa shape index (κ2) is 4.84. The number of halogens is 1. The summed E-state index contributed by atoms with van der Waals surface area (Å²) < 4.78 is 13.0. The predicted octanol–water partition coefficient (Wildman–Crippen LogP) is 3.10. The molecule has 96 valence electrons. The summed E-state index contributed by atoms with van der Waals surface area (Å²) in [6, 6.07) is 14.2. The van der Waals surface area contributed by atoms with E-state index >= 15 is 0 Å². The third kappa shape index (κ3) is 2.24. The summed E-state index contributed by atoms with van der Waals surface area (Å²) in [6.07, 6.45) is 0.817. The highest BCUT2D eigenvalue weighted by molar-refractivity contribution is 5.88. The van der Waals surface area contributed by atoms with Crippen molar-refractivity contribution in [2.75, 3.05) is 6.54 Å². The third-order valence-electron chi connectivity index (χ3n) is 3.54. The number of amides is 1. The molecule has 1 fully saturated rings. The lowest BCUT2D eigenvalue weighted by Gasteiger charge is -2.13. The molecule has 19 heavy (non-hydrogen) atoms. The van der Waals surface area contributed by atoms with Crippen molar-refractivity contribution >= 4 is 5.91 Å². The summed E-state index contributed by atoms with van der Waals surface area (Å²) in [5.74, 6) is -0.268. The molecule has 0 aromatic heterocycles. The maximum absolute atomic E-state index is 13.0. The molecule has 0 aliphatic carbocycles. The van der Waals surface area contributed by atoms with Gasteiger partial charge in [-0.3, -0.25) is 4.79 Å². The van der Waals surface area contributed by atoms with Gasteiger partial charge in [0.05, 0.1) is 5.92 Å². The van der Waals surface area contributed by atoms with Crippen molar-refractivity contribution in [3.63, 3.8) is 0 Å². The largest absolute Gasteiger partial charge is 0.356 e. The van der Waals surface area contributed by atoms with Gasteiger partial charge in [0.1, 0.15) is 5.82 Å². The summed E-state index contributed by atoms with van der Waals surface area (Å²) in [5, 5.41) is 2.86. The molecule has 0 radical (unpaired) electrons. The van der Waals surface area contributed by atoms with Crippen LogP contribution in [0.2, 0.25) is 0 Å². The maximum atomic E-state index is 13.0. The molecule has 1 N–H and O–H groups in total. The topological polar surface area (TPSA) is 29.1 Å². The monoisotopic (exact) mass is 255 g/mol. The van der Waals surface area contributed by atoms with Crippen molar-refractivity contribution in [3.8, 4) is 11.1 Å². The highest BCUT2D eigenvalue weighted by Gasteiger charge is 2.27. The van der Waals surface area contributed by atoms with E-state index in [2.05, 4.69) is 5.32 Å². The van der Waals surface area contributed by atoms with Gasteiger partial charge in [0.2, 0.25) is 5.91 Å². The Balaban J connectivity index is 2.06. The van der Waals surface area contributed by atoms with Gasteiger partial charge in [0.15, 0.2) is 0 Å². The molecule has 0 saturated carbocycles. The molecule has 2 aromatic rings. The predicted molar refractivity (Wildman–Crippen MR) is 72.2 cm³/mol. The highest BCUT2D eigenvalue weighted by atomic mass is 19.1. The van der Waals surface area contributed by atoms with Crippen molar-refractivity contribution < 1.29 is 9.18 Å². The molecule has 1 saturated heterocycles. The summed E-state index contributed by atoms with van der Waals surface area (Å²) in [4.78, 5) is 11.8. The van der Waals surface area contributed by atoms with E-state index in [1.54, 1.807) is 12.1 Å². The van der Waals surface area contributed by atoms with Gasteiger partial charge in [-0.05, 0) is 35.2 Å². The van der Waals surface area contributed by atoms with Crippen LogP contribution in [0.15, 0.2) is 48.5 Å². The zero-order valence-electron chi connectivity index (χ0n) is 10.4. The van der Waals surface area contributed by atoms with Crippen LogP contribution in [0.25, 0.3) is 11.1 Å². The first-order valence-corrected chi connectivity index (χ1v) is 6.38. The van der Waals surface area contributed by atoms with Crippen LogP contribution in [0, 0.1) is 5.82 Å². The molecular formula is C16H14FNO. The standard InChI is InChI=1S/C16H14FNO/c17-12-7-5-11(6-8-12)13-3-1-2-4-14(13)15-9-10-18-16(15)19/h1-8,15H,9-10H2,(H,18,19). The van der Waals surface area contributed by atoms with Crippen molar-refractivity contribution in [1.29, 1.82) is 0 Å². The summed E-state index contributed by atoms with van der Waals surface area (Å²) in [6.45, 7) is 0.723. The van der Waals surface area contributed by atoms with Crippen molar-refractivity contribution in [2.24, 2.45) is 0 Å². The van der Waals surface area contributed by atoms with Gasteiger partial charge in [-0.2, -0.15) is 0 Å². The minimum atomic E-state index is -0.250. The van der Waals surface area contributed by atoms with E-state index in [1.165, 1.54) is 12.1 Å². The first-order valence-electron chi connectivity index (χ1n) is 6.38. The van der Waals surface area contributed by atoms with Gasteiger partial charge in [-0.1, -0.05) is 36.4 Å². The SMILES string of the molecule is O=C1NCCC1c1ccccc1-c1ccc(F)cc1. The first-order chi connectivity index (χ1) is 9.25. The highest BCUT2D eigenvalue weighted by Crippen LogP contribution is 2.32. The van der Waals surface area contributed by atoms with Gasteiger partial charge in [-0.25, -0.2) is 4.39 Å². The molecular weight excluding hydrogens is 241 g/mol. The van der Waals surface area contributed by atoms with Gasteiger partial charge < -0.3 is 5.32 Å². The van der Waals surface area contributed by atoms with E-state index in [9.17, 15) is 9.18 Å². The molecule has 1 unspecified atom stereocenters. The zero-order chi connectivity index (χ0) is 13.2. The molecule has 2 aromatic carbocycles. The minimum absolute atomic E-state index is 0.0783. The van der Waals surface area contributed by atoms with Crippen LogP contribution in [-0.2, 0) is 4.79 Å². The number of hydrogen-bond acceptors (Lipinski definition) is 1. The lowest BCUT2D eigenvalue weighted by Crippen LogP contribution is -2.18. The minimum Gasteiger partial charge on any atom is -0.356 e. The molecule has 3 rings (SSSR count). The van der Waals surface area contributed by atoms with Crippen LogP contribution >= 0.6 is 0 Å². The Hall–Kier alpha value is -2.16. The van der Waals surface area contributed by atoms with Crippen LogP contribution < -0.4 is 5.32 Å². The molecule has 1 aliphatic heterocycles. The Morgan fingerprint density at radius 3 is 2.47 bits per heavy atom. The number of nitrogens with one attached hydrogen (secondary N) is 1. The van der Waals surface area contributed by atoms with Crippen molar-refractivity contribution in [3.05, 3.63) is 59.9 Å². The zero-order valence-corrected chi connectivity index (χ0v) is 10.4. The molecule has 1 aliphatic rings. The lowest BCUT2D eigenvalue weighted by atomic mass is 9.89. The number of benzene rings is 2. The first kappa shape index (κ1) is 11.9. The fourth-order valence-electron chi connectivity index (χ4n) is 2.58. The van der Waals surface area contributed by atoms with Gasteiger partial charge in [0, 0.05) is 6.54 Å². The second-order valence-corrected chi connectivity index (χ2v) is 4.73. The van der Waals surface area contributed by atoms with E-state index in [-0.39, 0.29) is 17.6 Å². The average molecular weight is 255 g/mol.